The molecule has 0 heterocycles. The first kappa shape index (κ1) is 21.3. The van der Waals surface area contributed by atoms with Crippen molar-refractivity contribution in [2.75, 3.05) is 11.9 Å². The number of amides is 2. The second-order valence-corrected chi connectivity index (χ2v) is 7.98. The summed E-state index contributed by atoms with van der Waals surface area (Å²) in [6.45, 7) is 0. The van der Waals surface area contributed by atoms with Crippen LogP contribution in [-0.2, 0) is 0 Å². The number of nitrogens with one attached hydrogen (secondary N) is 2. The summed E-state index contributed by atoms with van der Waals surface area (Å²) < 4.78 is 0. The molecule has 29 heavy (non-hydrogen) atoms. The smallest absolute Gasteiger partial charge is 0.257 e. The fourth-order valence-electron chi connectivity index (χ4n) is 3.46. The molecular weight excluding hydrogens is 406 g/mol. The minimum absolute atomic E-state index is 0.122. The molecule has 2 N–H and O–H groups in total. The Morgan fingerprint density at radius 1 is 1.03 bits per heavy atom. The van der Waals surface area contributed by atoms with Crippen molar-refractivity contribution < 1.29 is 9.59 Å². The van der Waals surface area contributed by atoms with E-state index in [0.29, 0.717) is 21.8 Å². The topological polar surface area (TPSA) is 61.4 Å². The van der Waals surface area contributed by atoms with E-state index in [-0.39, 0.29) is 23.0 Å². The van der Waals surface area contributed by atoms with Gasteiger partial charge in [0, 0.05) is 23.7 Å². The van der Waals surface area contributed by atoms with Gasteiger partial charge in [0.25, 0.3) is 11.8 Å². The molecule has 2 aromatic carbocycles. The van der Waals surface area contributed by atoms with Crippen LogP contribution in [0.25, 0.3) is 0 Å². The number of nitrogens with zero attached hydrogens (tertiary/aromatic N) is 1. The van der Waals surface area contributed by atoms with E-state index in [9.17, 15) is 9.59 Å². The van der Waals surface area contributed by atoms with E-state index in [2.05, 4.69) is 10.6 Å². The lowest BCUT2D eigenvalue weighted by Gasteiger charge is -2.26. The average molecular weight is 430 g/mol. The first-order valence-electron chi connectivity index (χ1n) is 9.70. The van der Waals surface area contributed by atoms with E-state index >= 15 is 0 Å². The first-order valence-corrected chi connectivity index (χ1v) is 10.5. The zero-order valence-electron chi connectivity index (χ0n) is 16.3. The Morgan fingerprint density at radius 3 is 2.48 bits per heavy atom. The highest BCUT2D eigenvalue weighted by atomic mass is 35.5. The molecule has 1 aliphatic carbocycles. The Balaban J connectivity index is 1.71. The number of hydrogen-bond acceptors (Lipinski definition) is 3. The molecule has 2 amide bonds. The number of carbonyl (C=O) groups excluding carboxylic acids is 2. The van der Waals surface area contributed by atoms with Crippen LogP contribution in [0.5, 0.6) is 0 Å². The molecule has 5 nitrogen and oxygen atoms in total. The summed E-state index contributed by atoms with van der Waals surface area (Å²) in [5.41, 5.74) is 1.58. The molecule has 1 fully saturated rings. The fourth-order valence-corrected chi connectivity index (χ4v) is 3.84. The van der Waals surface area contributed by atoms with Crippen LogP contribution in [0.4, 0.5) is 5.69 Å². The lowest BCUT2D eigenvalue weighted by atomic mass is 9.95. The van der Waals surface area contributed by atoms with E-state index in [1.54, 1.807) is 42.3 Å². The summed E-state index contributed by atoms with van der Waals surface area (Å²) in [5.74, 6) is -0.475. The van der Waals surface area contributed by atoms with Gasteiger partial charge in [-0.2, -0.15) is 0 Å². The van der Waals surface area contributed by atoms with Crippen LogP contribution in [0.15, 0.2) is 48.5 Å². The molecule has 3 rings (SSSR count). The maximum Gasteiger partial charge on any atom is 0.257 e. The van der Waals surface area contributed by atoms with Gasteiger partial charge in [0.15, 0.2) is 5.11 Å². The molecule has 0 atom stereocenters. The molecule has 152 valence electrons. The SMILES string of the molecule is CN(C(=S)NC(=O)c1cccc(Cl)c1)c1ccccc1C(=O)NC1CCCCC1. The minimum Gasteiger partial charge on any atom is -0.349 e. The van der Waals surface area contributed by atoms with Gasteiger partial charge in [0.2, 0.25) is 0 Å². The van der Waals surface area contributed by atoms with Crippen LogP contribution < -0.4 is 15.5 Å². The number of halogens is 1. The molecule has 7 heteroatoms. The van der Waals surface area contributed by atoms with E-state index in [1.165, 1.54) is 6.42 Å². The van der Waals surface area contributed by atoms with Crippen LogP contribution >= 0.6 is 23.8 Å². The third-order valence-corrected chi connectivity index (χ3v) is 5.67. The van der Waals surface area contributed by atoms with Gasteiger partial charge in [-0.3, -0.25) is 14.9 Å². The molecule has 1 saturated carbocycles. The van der Waals surface area contributed by atoms with Gasteiger partial charge in [-0.05, 0) is 55.4 Å². The maximum absolute atomic E-state index is 12.9. The second kappa shape index (κ2) is 9.85. The van der Waals surface area contributed by atoms with Gasteiger partial charge in [-0.15, -0.1) is 0 Å². The Labute approximate surface area is 181 Å². The number of para-hydroxylation sites is 1. The van der Waals surface area contributed by atoms with Crippen LogP contribution in [-0.4, -0.2) is 30.0 Å². The lowest BCUT2D eigenvalue weighted by Crippen LogP contribution is -2.42. The second-order valence-electron chi connectivity index (χ2n) is 7.15. The predicted octanol–water partition coefficient (Wildman–Crippen LogP) is 4.55. The Kier molecular flexibility index (Phi) is 7.23. The number of rotatable bonds is 4. The molecule has 0 aliphatic heterocycles. The summed E-state index contributed by atoms with van der Waals surface area (Å²) in [6, 6.07) is 14.1. The summed E-state index contributed by atoms with van der Waals surface area (Å²) >= 11 is 11.4. The van der Waals surface area contributed by atoms with Crippen LogP contribution in [0, 0.1) is 0 Å². The van der Waals surface area contributed by atoms with E-state index < -0.39 is 0 Å². The van der Waals surface area contributed by atoms with Gasteiger partial charge in [0.05, 0.1) is 11.3 Å². The van der Waals surface area contributed by atoms with E-state index in [1.807, 2.05) is 18.2 Å². The molecule has 0 unspecified atom stereocenters. The number of carbonyl (C=O) groups is 2. The Hall–Kier alpha value is -2.44. The molecule has 0 bridgehead atoms. The van der Waals surface area contributed by atoms with Gasteiger partial charge in [-0.1, -0.05) is 49.1 Å². The minimum atomic E-state index is -0.353. The summed E-state index contributed by atoms with van der Waals surface area (Å²) in [4.78, 5) is 27.0. The summed E-state index contributed by atoms with van der Waals surface area (Å²) in [7, 11) is 1.73. The summed E-state index contributed by atoms with van der Waals surface area (Å²) in [5, 5.41) is 6.50. The van der Waals surface area contributed by atoms with Crippen LogP contribution in [0.2, 0.25) is 5.02 Å². The number of hydrogen-bond donors (Lipinski definition) is 2. The van der Waals surface area contributed by atoms with Gasteiger partial charge in [-0.25, -0.2) is 0 Å². The third-order valence-electron chi connectivity index (χ3n) is 5.06. The lowest BCUT2D eigenvalue weighted by molar-refractivity contribution is 0.0927. The van der Waals surface area contributed by atoms with Crippen LogP contribution in [0.1, 0.15) is 52.8 Å². The molecule has 1 aliphatic rings. The van der Waals surface area contributed by atoms with Gasteiger partial charge >= 0.3 is 0 Å². The van der Waals surface area contributed by atoms with Crippen molar-refractivity contribution in [3.63, 3.8) is 0 Å². The van der Waals surface area contributed by atoms with Crippen LogP contribution in [0.3, 0.4) is 0 Å². The number of benzene rings is 2. The molecular formula is C22H24ClN3O2S. The molecule has 0 aromatic heterocycles. The zero-order chi connectivity index (χ0) is 20.8. The zero-order valence-corrected chi connectivity index (χ0v) is 17.9. The van der Waals surface area contributed by atoms with E-state index in [0.717, 1.165) is 25.7 Å². The van der Waals surface area contributed by atoms with E-state index in [4.69, 9.17) is 23.8 Å². The highest BCUT2D eigenvalue weighted by Crippen LogP contribution is 2.22. The molecule has 2 aromatic rings. The standard InChI is InChI=1S/C22H24ClN3O2S/c1-26(22(29)25-20(27)15-8-7-9-16(23)14-15)19-13-6-5-12-18(19)21(28)24-17-10-3-2-4-11-17/h5-9,12-14,17H,2-4,10-11H2,1H3,(H,24,28)(H,25,27,29). The van der Waals surface area contributed by atoms with Crippen molar-refractivity contribution in [2.24, 2.45) is 0 Å². The normalized spacial score (nSPS) is 14.1. The molecule has 0 spiro atoms. The Bertz CT molecular complexity index is 912. The third kappa shape index (κ3) is 5.55. The summed E-state index contributed by atoms with van der Waals surface area (Å²) in [6.07, 6.45) is 5.54. The predicted molar refractivity (Wildman–Crippen MR) is 121 cm³/mol. The number of thiocarbonyl (C=S) groups is 1. The fraction of sp³-hybridized carbons (Fsp3) is 0.318. The molecule has 0 saturated heterocycles. The van der Waals surface area contributed by atoms with Crippen molar-refractivity contribution in [3.05, 3.63) is 64.7 Å². The van der Waals surface area contributed by atoms with Crippen molar-refractivity contribution in [1.29, 1.82) is 0 Å². The van der Waals surface area contributed by atoms with Crippen molar-refractivity contribution in [1.82, 2.24) is 10.6 Å². The van der Waals surface area contributed by atoms with Crippen molar-refractivity contribution >= 4 is 46.4 Å². The van der Waals surface area contributed by atoms with Crippen molar-refractivity contribution in [3.8, 4) is 0 Å². The average Bonchev–Trinajstić information content (AvgIpc) is 2.73. The quantitative estimate of drug-likeness (QED) is 0.700. The number of anilines is 1. The highest BCUT2D eigenvalue weighted by Gasteiger charge is 2.21. The largest absolute Gasteiger partial charge is 0.349 e. The van der Waals surface area contributed by atoms with Gasteiger partial charge < -0.3 is 10.2 Å². The monoisotopic (exact) mass is 429 g/mol. The Morgan fingerprint density at radius 2 is 1.76 bits per heavy atom. The molecule has 0 radical (unpaired) electrons. The first-order chi connectivity index (χ1) is 14.0. The van der Waals surface area contributed by atoms with Crippen molar-refractivity contribution in [2.45, 2.75) is 38.1 Å². The van der Waals surface area contributed by atoms with Gasteiger partial charge in [0.1, 0.15) is 0 Å². The highest BCUT2D eigenvalue weighted by molar-refractivity contribution is 7.80. The maximum atomic E-state index is 12.9.